The average molecular weight is 202 g/mol. The third-order valence-corrected chi connectivity index (χ3v) is 2.67. The van der Waals surface area contributed by atoms with E-state index in [1.807, 2.05) is 0 Å². The van der Waals surface area contributed by atoms with Crippen LogP contribution >= 0.6 is 0 Å². The molecule has 0 saturated carbocycles. The average Bonchev–Trinajstić information content (AvgIpc) is 2.21. The van der Waals surface area contributed by atoms with Gasteiger partial charge in [0.2, 0.25) is 0 Å². The van der Waals surface area contributed by atoms with Crippen LogP contribution in [-0.2, 0) is 0 Å². The van der Waals surface area contributed by atoms with E-state index >= 15 is 0 Å². The third kappa shape index (κ3) is 5.58. The predicted molar refractivity (Wildman–Crippen MR) is 61.3 cm³/mol. The molecule has 3 heteroatoms. The summed E-state index contributed by atoms with van der Waals surface area (Å²) < 4.78 is 0. The molecule has 86 valence electrons. The van der Waals surface area contributed by atoms with Crippen molar-refractivity contribution < 1.29 is 5.11 Å². The van der Waals surface area contributed by atoms with Gasteiger partial charge in [-0.2, -0.15) is 0 Å². The van der Waals surface area contributed by atoms with E-state index in [2.05, 4.69) is 18.7 Å². The highest BCUT2D eigenvalue weighted by atomic mass is 16.3. The fourth-order valence-corrected chi connectivity index (χ4v) is 1.80. The van der Waals surface area contributed by atoms with Gasteiger partial charge in [0.05, 0.1) is 6.61 Å². The van der Waals surface area contributed by atoms with Crippen LogP contribution in [0.1, 0.15) is 39.5 Å². The Hall–Kier alpha value is -0.120. The van der Waals surface area contributed by atoms with Gasteiger partial charge in [-0.15, -0.1) is 0 Å². The molecule has 3 nitrogen and oxygen atoms in total. The standard InChI is InChI=1S/C11H26N2O/c1-3-5-8-13(9-10-14)11(4-2)6-7-12/h11,14H,3-10,12H2,1-2H3. The molecule has 0 saturated heterocycles. The Labute approximate surface area is 88.3 Å². The lowest BCUT2D eigenvalue weighted by molar-refractivity contribution is 0.140. The first-order valence-electron chi connectivity index (χ1n) is 5.85. The zero-order valence-electron chi connectivity index (χ0n) is 9.71. The number of nitrogens with zero attached hydrogens (tertiary/aromatic N) is 1. The van der Waals surface area contributed by atoms with Gasteiger partial charge >= 0.3 is 0 Å². The minimum Gasteiger partial charge on any atom is -0.395 e. The highest BCUT2D eigenvalue weighted by molar-refractivity contribution is 4.70. The van der Waals surface area contributed by atoms with Crippen molar-refractivity contribution in [2.45, 2.75) is 45.6 Å². The van der Waals surface area contributed by atoms with Gasteiger partial charge in [-0.1, -0.05) is 20.3 Å². The molecule has 0 fully saturated rings. The Balaban J connectivity index is 3.97. The van der Waals surface area contributed by atoms with Crippen LogP contribution in [0.4, 0.5) is 0 Å². The summed E-state index contributed by atoms with van der Waals surface area (Å²) in [6.07, 6.45) is 4.59. The van der Waals surface area contributed by atoms with Gasteiger partial charge in [0.15, 0.2) is 0 Å². The second kappa shape index (κ2) is 9.44. The van der Waals surface area contributed by atoms with Crippen LogP contribution in [0.2, 0.25) is 0 Å². The van der Waals surface area contributed by atoms with Gasteiger partial charge in [-0.3, -0.25) is 4.90 Å². The molecule has 0 aliphatic heterocycles. The van der Waals surface area contributed by atoms with Crippen LogP contribution in [0.15, 0.2) is 0 Å². The molecule has 0 radical (unpaired) electrons. The Kier molecular flexibility index (Phi) is 9.35. The maximum atomic E-state index is 8.98. The Bertz CT molecular complexity index is 120. The minimum atomic E-state index is 0.255. The van der Waals surface area contributed by atoms with Crippen molar-refractivity contribution in [3.05, 3.63) is 0 Å². The van der Waals surface area contributed by atoms with Crippen molar-refractivity contribution in [2.75, 3.05) is 26.2 Å². The van der Waals surface area contributed by atoms with Crippen molar-refractivity contribution in [1.29, 1.82) is 0 Å². The molecule has 0 aromatic carbocycles. The summed E-state index contributed by atoms with van der Waals surface area (Å²) in [5.74, 6) is 0. The van der Waals surface area contributed by atoms with Crippen LogP contribution < -0.4 is 5.73 Å². The first kappa shape index (κ1) is 13.9. The van der Waals surface area contributed by atoms with Crippen molar-refractivity contribution in [2.24, 2.45) is 5.73 Å². The van der Waals surface area contributed by atoms with Gasteiger partial charge in [-0.25, -0.2) is 0 Å². The van der Waals surface area contributed by atoms with Crippen LogP contribution in [0.5, 0.6) is 0 Å². The van der Waals surface area contributed by atoms with Crippen LogP contribution in [0, 0.1) is 0 Å². The maximum absolute atomic E-state index is 8.98. The van der Waals surface area contributed by atoms with Crippen molar-refractivity contribution in [1.82, 2.24) is 4.90 Å². The van der Waals surface area contributed by atoms with Crippen molar-refractivity contribution in [3.8, 4) is 0 Å². The number of rotatable bonds is 9. The molecule has 0 heterocycles. The molecule has 0 amide bonds. The molecule has 14 heavy (non-hydrogen) atoms. The number of nitrogens with two attached hydrogens (primary N) is 1. The second-order valence-corrected chi connectivity index (χ2v) is 3.75. The molecule has 0 aliphatic rings. The summed E-state index contributed by atoms with van der Waals surface area (Å²) in [5, 5.41) is 8.98. The summed E-state index contributed by atoms with van der Waals surface area (Å²) in [7, 11) is 0. The van der Waals surface area contributed by atoms with Crippen LogP contribution in [0.3, 0.4) is 0 Å². The van der Waals surface area contributed by atoms with Crippen LogP contribution in [0.25, 0.3) is 0 Å². The molecule has 0 spiro atoms. The van der Waals surface area contributed by atoms with E-state index in [0.29, 0.717) is 6.04 Å². The molecular weight excluding hydrogens is 176 g/mol. The van der Waals surface area contributed by atoms with E-state index in [0.717, 1.165) is 32.5 Å². The largest absolute Gasteiger partial charge is 0.395 e. The molecule has 0 aromatic rings. The van der Waals surface area contributed by atoms with Gasteiger partial charge in [0, 0.05) is 12.6 Å². The molecule has 3 N–H and O–H groups in total. The first-order chi connectivity index (χ1) is 6.79. The van der Waals surface area contributed by atoms with Crippen LogP contribution in [-0.4, -0.2) is 42.3 Å². The van der Waals surface area contributed by atoms with Gasteiger partial charge < -0.3 is 10.8 Å². The Morgan fingerprint density at radius 3 is 2.43 bits per heavy atom. The second-order valence-electron chi connectivity index (χ2n) is 3.75. The topological polar surface area (TPSA) is 49.5 Å². The number of hydrogen-bond acceptors (Lipinski definition) is 3. The normalized spacial score (nSPS) is 13.5. The Morgan fingerprint density at radius 1 is 1.29 bits per heavy atom. The fourth-order valence-electron chi connectivity index (χ4n) is 1.80. The monoisotopic (exact) mass is 202 g/mol. The summed E-state index contributed by atoms with van der Waals surface area (Å²) >= 11 is 0. The minimum absolute atomic E-state index is 0.255. The molecular formula is C11H26N2O. The third-order valence-electron chi connectivity index (χ3n) is 2.67. The van der Waals surface area contributed by atoms with Gasteiger partial charge in [-0.05, 0) is 32.4 Å². The van der Waals surface area contributed by atoms with Crippen molar-refractivity contribution >= 4 is 0 Å². The van der Waals surface area contributed by atoms with Gasteiger partial charge in [0.1, 0.15) is 0 Å². The quantitative estimate of drug-likeness (QED) is 0.591. The van der Waals surface area contributed by atoms with E-state index in [4.69, 9.17) is 10.8 Å². The molecule has 1 unspecified atom stereocenters. The fraction of sp³-hybridized carbons (Fsp3) is 1.00. The van der Waals surface area contributed by atoms with E-state index in [-0.39, 0.29) is 6.61 Å². The summed E-state index contributed by atoms with van der Waals surface area (Å²) in [4.78, 5) is 2.37. The zero-order chi connectivity index (χ0) is 10.8. The summed E-state index contributed by atoms with van der Waals surface area (Å²) in [6, 6.07) is 0.554. The Morgan fingerprint density at radius 2 is 2.00 bits per heavy atom. The number of hydrogen-bond donors (Lipinski definition) is 2. The van der Waals surface area contributed by atoms with E-state index < -0.39 is 0 Å². The maximum Gasteiger partial charge on any atom is 0.0558 e. The number of aliphatic hydroxyl groups excluding tert-OH is 1. The van der Waals surface area contributed by atoms with E-state index in [1.54, 1.807) is 0 Å². The highest BCUT2D eigenvalue weighted by Crippen LogP contribution is 2.09. The zero-order valence-corrected chi connectivity index (χ0v) is 9.71. The smallest absolute Gasteiger partial charge is 0.0558 e. The predicted octanol–water partition coefficient (Wildman–Crippen LogP) is 1.21. The molecule has 0 aromatic heterocycles. The molecule has 0 bridgehead atoms. The molecule has 1 atom stereocenters. The number of aliphatic hydroxyl groups is 1. The molecule has 0 rings (SSSR count). The lowest BCUT2D eigenvalue weighted by atomic mass is 10.1. The van der Waals surface area contributed by atoms with E-state index in [9.17, 15) is 0 Å². The summed E-state index contributed by atoms with van der Waals surface area (Å²) in [5.41, 5.74) is 5.58. The lowest BCUT2D eigenvalue weighted by Gasteiger charge is -2.30. The van der Waals surface area contributed by atoms with Gasteiger partial charge in [0.25, 0.3) is 0 Å². The van der Waals surface area contributed by atoms with E-state index in [1.165, 1.54) is 12.8 Å². The summed E-state index contributed by atoms with van der Waals surface area (Å²) in [6.45, 7) is 7.27. The first-order valence-corrected chi connectivity index (χ1v) is 5.85. The van der Waals surface area contributed by atoms with Crippen molar-refractivity contribution in [3.63, 3.8) is 0 Å². The number of unbranched alkanes of at least 4 members (excludes halogenated alkanes) is 1. The lowest BCUT2D eigenvalue weighted by Crippen LogP contribution is -2.39. The highest BCUT2D eigenvalue weighted by Gasteiger charge is 2.14. The molecule has 0 aliphatic carbocycles. The SMILES string of the molecule is CCCCN(CCO)C(CC)CCN.